The highest BCUT2D eigenvalue weighted by atomic mass is 32.2. The van der Waals surface area contributed by atoms with Gasteiger partial charge in [-0.1, -0.05) is 6.92 Å². The van der Waals surface area contributed by atoms with Gasteiger partial charge in [0.25, 0.3) is 0 Å². The van der Waals surface area contributed by atoms with Crippen molar-refractivity contribution in [3.8, 4) is 0 Å². The van der Waals surface area contributed by atoms with Crippen molar-refractivity contribution in [1.29, 1.82) is 0 Å². The summed E-state index contributed by atoms with van der Waals surface area (Å²) in [7, 11) is -2.33. The van der Waals surface area contributed by atoms with Gasteiger partial charge in [0.2, 0.25) is 10.0 Å². The molecule has 0 bridgehead atoms. The van der Waals surface area contributed by atoms with Crippen LogP contribution in [-0.4, -0.2) is 26.3 Å². The minimum Gasteiger partial charge on any atom is -0.398 e. The van der Waals surface area contributed by atoms with Crippen molar-refractivity contribution in [1.82, 2.24) is 4.31 Å². The Hall–Kier alpha value is -1.14. The van der Waals surface area contributed by atoms with Gasteiger partial charge in [0.15, 0.2) is 0 Å². The molecule has 1 aromatic carbocycles. The lowest BCUT2D eigenvalue weighted by atomic mass is 10.2. The van der Waals surface area contributed by atoms with Gasteiger partial charge in [0.05, 0.1) is 0 Å². The number of sulfonamides is 1. The monoisotopic (exact) mass is 286 g/mol. The highest BCUT2D eigenvalue weighted by Gasteiger charge is 2.36. The van der Waals surface area contributed by atoms with Crippen LogP contribution in [0.1, 0.15) is 18.9 Å². The van der Waals surface area contributed by atoms with Crippen LogP contribution in [0.5, 0.6) is 0 Å². The molecule has 2 rings (SSSR count). The standard InChI is InChI=1S/C13H19FN2O2S/c1-8-4-10(8)7-16(3)19(17,18)13-6-12(15)9(2)5-11(13)14/h5-6,8,10H,4,7,15H2,1-3H3. The van der Waals surface area contributed by atoms with Gasteiger partial charge in [-0.05, 0) is 42.9 Å². The Labute approximate surface area is 113 Å². The van der Waals surface area contributed by atoms with Crippen LogP contribution in [0.25, 0.3) is 0 Å². The molecule has 2 N–H and O–H groups in total. The molecule has 4 nitrogen and oxygen atoms in total. The van der Waals surface area contributed by atoms with E-state index in [1.165, 1.54) is 17.4 Å². The Morgan fingerprint density at radius 1 is 1.47 bits per heavy atom. The van der Waals surface area contributed by atoms with Crippen molar-refractivity contribution in [3.63, 3.8) is 0 Å². The summed E-state index contributed by atoms with van der Waals surface area (Å²) < 4.78 is 39.7. The Morgan fingerprint density at radius 3 is 2.58 bits per heavy atom. The van der Waals surface area contributed by atoms with Crippen LogP contribution < -0.4 is 5.73 Å². The number of aryl methyl sites for hydroxylation is 1. The van der Waals surface area contributed by atoms with Gasteiger partial charge >= 0.3 is 0 Å². The third-order valence-electron chi connectivity index (χ3n) is 3.78. The zero-order chi connectivity index (χ0) is 14.4. The number of nitrogen functional groups attached to an aromatic ring is 1. The molecule has 0 saturated heterocycles. The second-order valence-electron chi connectivity index (χ2n) is 5.40. The van der Waals surface area contributed by atoms with Gasteiger partial charge in [-0.2, -0.15) is 0 Å². The van der Waals surface area contributed by atoms with E-state index in [1.807, 2.05) is 0 Å². The van der Waals surface area contributed by atoms with Crippen LogP contribution in [0, 0.1) is 24.6 Å². The zero-order valence-electron chi connectivity index (χ0n) is 11.4. The second kappa shape index (κ2) is 4.76. The third-order valence-corrected chi connectivity index (χ3v) is 5.61. The number of halogens is 1. The molecule has 1 aliphatic carbocycles. The fraction of sp³-hybridized carbons (Fsp3) is 0.538. The van der Waals surface area contributed by atoms with Crippen LogP contribution in [0.15, 0.2) is 17.0 Å². The predicted octanol–water partition coefficient (Wildman–Crippen LogP) is 1.99. The summed E-state index contributed by atoms with van der Waals surface area (Å²) in [4.78, 5) is -0.341. The first-order chi connectivity index (χ1) is 8.73. The van der Waals surface area contributed by atoms with Crippen molar-refractivity contribution in [2.75, 3.05) is 19.3 Å². The molecule has 1 fully saturated rings. The van der Waals surface area contributed by atoms with Crippen LogP contribution in [0.2, 0.25) is 0 Å². The first-order valence-electron chi connectivity index (χ1n) is 6.25. The number of nitrogens with two attached hydrogens (primary N) is 1. The molecule has 106 valence electrons. The van der Waals surface area contributed by atoms with Gasteiger partial charge in [-0.3, -0.25) is 0 Å². The summed E-state index contributed by atoms with van der Waals surface area (Å²) in [6.07, 6.45) is 1.03. The van der Waals surface area contributed by atoms with Crippen LogP contribution in [-0.2, 0) is 10.0 Å². The summed E-state index contributed by atoms with van der Waals surface area (Å²) in [6.45, 7) is 4.15. The van der Waals surface area contributed by atoms with Crippen LogP contribution in [0.4, 0.5) is 10.1 Å². The maximum atomic E-state index is 13.9. The van der Waals surface area contributed by atoms with Gasteiger partial charge in [0.1, 0.15) is 10.7 Å². The van der Waals surface area contributed by atoms with Gasteiger partial charge in [0, 0.05) is 19.3 Å². The maximum Gasteiger partial charge on any atom is 0.245 e. The Kier molecular flexibility index (Phi) is 3.57. The quantitative estimate of drug-likeness (QED) is 0.861. The van der Waals surface area contributed by atoms with Crippen molar-refractivity contribution < 1.29 is 12.8 Å². The Balaban J connectivity index is 2.31. The normalized spacial score (nSPS) is 22.8. The molecule has 0 aromatic heterocycles. The van der Waals surface area contributed by atoms with Gasteiger partial charge < -0.3 is 5.73 Å². The molecule has 0 aliphatic heterocycles. The van der Waals surface area contributed by atoms with Crippen molar-refractivity contribution in [2.24, 2.45) is 11.8 Å². The Bertz CT molecular complexity index is 601. The van der Waals surface area contributed by atoms with E-state index in [9.17, 15) is 12.8 Å². The number of benzene rings is 1. The molecule has 19 heavy (non-hydrogen) atoms. The molecular formula is C13H19FN2O2S. The molecule has 0 radical (unpaired) electrons. The highest BCUT2D eigenvalue weighted by molar-refractivity contribution is 7.89. The summed E-state index contributed by atoms with van der Waals surface area (Å²) >= 11 is 0. The first-order valence-corrected chi connectivity index (χ1v) is 7.69. The fourth-order valence-electron chi connectivity index (χ4n) is 2.12. The number of hydrogen-bond donors (Lipinski definition) is 1. The lowest BCUT2D eigenvalue weighted by molar-refractivity contribution is 0.440. The molecule has 1 aliphatic rings. The lowest BCUT2D eigenvalue weighted by Gasteiger charge is -2.18. The Morgan fingerprint density at radius 2 is 2.05 bits per heavy atom. The largest absolute Gasteiger partial charge is 0.398 e. The topological polar surface area (TPSA) is 63.4 Å². The summed E-state index contributed by atoms with van der Waals surface area (Å²) in [5, 5.41) is 0. The minimum atomic E-state index is -3.81. The average molecular weight is 286 g/mol. The van der Waals surface area contributed by atoms with E-state index in [1.54, 1.807) is 6.92 Å². The lowest BCUT2D eigenvalue weighted by Crippen LogP contribution is -2.30. The van der Waals surface area contributed by atoms with Crippen molar-refractivity contribution >= 4 is 15.7 Å². The molecule has 0 amide bonds. The van der Waals surface area contributed by atoms with E-state index in [-0.39, 0.29) is 10.6 Å². The molecule has 0 spiro atoms. The van der Waals surface area contributed by atoms with E-state index in [4.69, 9.17) is 5.73 Å². The number of nitrogens with zero attached hydrogens (tertiary/aromatic N) is 1. The molecule has 2 atom stereocenters. The summed E-state index contributed by atoms with van der Waals surface area (Å²) in [5.74, 6) is 0.179. The fourth-order valence-corrected chi connectivity index (χ4v) is 3.42. The van der Waals surface area contributed by atoms with E-state index in [0.717, 1.165) is 12.5 Å². The third kappa shape index (κ3) is 2.74. The SMILES string of the molecule is Cc1cc(F)c(S(=O)(=O)N(C)CC2CC2C)cc1N. The summed E-state index contributed by atoms with van der Waals surface area (Å²) in [5.41, 5.74) is 6.49. The molecule has 1 aromatic rings. The van der Waals surface area contributed by atoms with Crippen molar-refractivity contribution in [3.05, 3.63) is 23.5 Å². The van der Waals surface area contributed by atoms with E-state index >= 15 is 0 Å². The van der Waals surface area contributed by atoms with E-state index < -0.39 is 15.8 Å². The van der Waals surface area contributed by atoms with E-state index in [2.05, 4.69) is 6.92 Å². The van der Waals surface area contributed by atoms with Crippen molar-refractivity contribution in [2.45, 2.75) is 25.2 Å². The molecular weight excluding hydrogens is 267 g/mol. The predicted molar refractivity (Wildman–Crippen MR) is 72.6 cm³/mol. The smallest absolute Gasteiger partial charge is 0.245 e. The molecule has 1 saturated carbocycles. The number of rotatable bonds is 4. The summed E-state index contributed by atoms with van der Waals surface area (Å²) in [6, 6.07) is 2.36. The number of hydrogen-bond acceptors (Lipinski definition) is 3. The van der Waals surface area contributed by atoms with Gasteiger partial charge in [-0.25, -0.2) is 17.1 Å². The van der Waals surface area contributed by atoms with Crippen LogP contribution >= 0.6 is 0 Å². The first kappa shape index (κ1) is 14.3. The second-order valence-corrected chi connectivity index (χ2v) is 7.41. The molecule has 0 heterocycles. The van der Waals surface area contributed by atoms with Gasteiger partial charge in [-0.15, -0.1) is 0 Å². The minimum absolute atomic E-state index is 0.285. The van der Waals surface area contributed by atoms with E-state index in [0.29, 0.717) is 23.9 Å². The molecule has 2 unspecified atom stereocenters. The molecule has 6 heteroatoms. The van der Waals surface area contributed by atoms with Crippen LogP contribution in [0.3, 0.4) is 0 Å². The zero-order valence-corrected chi connectivity index (χ0v) is 12.2. The number of anilines is 1. The average Bonchev–Trinajstić information content (AvgIpc) is 2.99. The highest BCUT2D eigenvalue weighted by Crippen LogP contribution is 2.39. The maximum absolute atomic E-state index is 13.9.